The highest BCUT2D eigenvalue weighted by molar-refractivity contribution is 5.82. The van der Waals surface area contributed by atoms with Gasteiger partial charge in [0, 0.05) is 19.6 Å². The number of carbonyl (C=O) groups is 1. The summed E-state index contributed by atoms with van der Waals surface area (Å²) in [5, 5.41) is 3.25. The van der Waals surface area contributed by atoms with Crippen LogP contribution in [0.3, 0.4) is 0 Å². The highest BCUT2D eigenvalue weighted by atomic mass is 16.2. The summed E-state index contributed by atoms with van der Waals surface area (Å²) < 4.78 is 0. The second kappa shape index (κ2) is 5.47. The van der Waals surface area contributed by atoms with E-state index in [-0.39, 0.29) is 11.9 Å². The third-order valence-corrected chi connectivity index (χ3v) is 2.93. The number of likely N-dealkylation sites (N-methyl/N-ethyl adjacent to an activating group) is 2. The smallest absolute Gasteiger partial charge is 0.240 e. The van der Waals surface area contributed by atoms with Crippen LogP contribution in [0.5, 0.6) is 0 Å². The Bertz CT molecular complexity index is 216. The van der Waals surface area contributed by atoms with Gasteiger partial charge in [-0.3, -0.25) is 15.0 Å². The average Bonchev–Trinajstić information content (AvgIpc) is 2.13. The molecule has 0 aliphatic carbocycles. The van der Waals surface area contributed by atoms with Gasteiger partial charge in [0.2, 0.25) is 5.91 Å². The van der Waals surface area contributed by atoms with Gasteiger partial charge in [0.15, 0.2) is 0 Å². The van der Waals surface area contributed by atoms with Crippen LogP contribution < -0.4 is 5.32 Å². The Morgan fingerprint density at radius 3 is 2.67 bits per heavy atom. The van der Waals surface area contributed by atoms with E-state index in [4.69, 9.17) is 0 Å². The van der Waals surface area contributed by atoms with Crippen molar-refractivity contribution in [2.24, 2.45) is 0 Å². The van der Waals surface area contributed by atoms with Gasteiger partial charge in [0.25, 0.3) is 0 Å². The van der Waals surface area contributed by atoms with E-state index in [1.54, 1.807) is 4.90 Å². The molecular weight excluding hydrogens is 190 g/mol. The molecule has 0 radical (unpaired) electrons. The number of nitrogens with zero attached hydrogens (tertiary/aromatic N) is 2. The Morgan fingerprint density at radius 1 is 1.60 bits per heavy atom. The highest BCUT2D eigenvalue weighted by Gasteiger charge is 2.34. The number of carbonyl (C=O) groups excluding carboxylic acids is 1. The van der Waals surface area contributed by atoms with Crippen LogP contribution in [-0.2, 0) is 4.79 Å². The molecule has 0 aromatic rings. The van der Waals surface area contributed by atoms with E-state index < -0.39 is 0 Å². The topological polar surface area (TPSA) is 35.6 Å². The molecule has 0 aromatic heterocycles. The summed E-state index contributed by atoms with van der Waals surface area (Å²) in [6, 6.07) is 0.554. The van der Waals surface area contributed by atoms with E-state index in [0.29, 0.717) is 12.7 Å². The monoisotopic (exact) mass is 213 g/mol. The summed E-state index contributed by atoms with van der Waals surface area (Å²) >= 11 is 0. The summed E-state index contributed by atoms with van der Waals surface area (Å²) in [6.45, 7) is 8.95. The van der Waals surface area contributed by atoms with Crippen molar-refractivity contribution >= 4 is 5.91 Å². The lowest BCUT2D eigenvalue weighted by Crippen LogP contribution is -2.57. The zero-order chi connectivity index (χ0) is 11.4. The van der Waals surface area contributed by atoms with Crippen LogP contribution in [0.25, 0.3) is 0 Å². The molecule has 1 aliphatic rings. The predicted octanol–water partition coefficient (Wildman–Crippen LogP) is 0.495. The largest absolute Gasteiger partial charge is 0.332 e. The van der Waals surface area contributed by atoms with Crippen molar-refractivity contribution in [3.63, 3.8) is 0 Å². The van der Waals surface area contributed by atoms with Gasteiger partial charge in [-0.25, -0.2) is 0 Å². The van der Waals surface area contributed by atoms with Gasteiger partial charge in [-0.15, -0.1) is 0 Å². The SMILES string of the molecule is CCN1CCC1C(=O)N(C)CNC(C)C. The van der Waals surface area contributed by atoms with Crippen LogP contribution in [-0.4, -0.2) is 54.6 Å². The molecule has 1 atom stereocenters. The van der Waals surface area contributed by atoms with E-state index in [1.807, 2.05) is 7.05 Å². The maximum atomic E-state index is 12.0. The van der Waals surface area contributed by atoms with Crippen molar-refractivity contribution in [2.75, 3.05) is 26.8 Å². The van der Waals surface area contributed by atoms with Crippen LogP contribution >= 0.6 is 0 Å². The van der Waals surface area contributed by atoms with Crippen molar-refractivity contribution in [1.29, 1.82) is 0 Å². The Morgan fingerprint density at radius 2 is 2.27 bits per heavy atom. The van der Waals surface area contributed by atoms with Crippen molar-refractivity contribution in [3.05, 3.63) is 0 Å². The molecule has 1 rings (SSSR count). The lowest BCUT2D eigenvalue weighted by atomic mass is 10.0. The summed E-state index contributed by atoms with van der Waals surface area (Å²) in [7, 11) is 1.86. The minimum atomic E-state index is 0.133. The number of likely N-dealkylation sites (tertiary alicyclic amines) is 1. The number of rotatable bonds is 5. The van der Waals surface area contributed by atoms with Crippen LogP contribution in [0.4, 0.5) is 0 Å². The fraction of sp³-hybridized carbons (Fsp3) is 0.909. The van der Waals surface area contributed by atoms with E-state index in [2.05, 4.69) is 31.0 Å². The lowest BCUT2D eigenvalue weighted by Gasteiger charge is -2.40. The van der Waals surface area contributed by atoms with Gasteiger partial charge in [-0.1, -0.05) is 6.92 Å². The Labute approximate surface area is 92.6 Å². The molecule has 0 spiro atoms. The summed E-state index contributed by atoms with van der Waals surface area (Å²) in [6.07, 6.45) is 1.01. The zero-order valence-electron chi connectivity index (χ0n) is 10.3. The quantitative estimate of drug-likeness (QED) is 0.675. The molecule has 1 saturated heterocycles. The van der Waals surface area contributed by atoms with E-state index >= 15 is 0 Å². The number of hydrogen-bond donors (Lipinski definition) is 1. The van der Waals surface area contributed by atoms with Gasteiger partial charge in [-0.2, -0.15) is 0 Å². The first-order valence-electron chi connectivity index (χ1n) is 5.78. The predicted molar refractivity (Wildman–Crippen MR) is 61.6 cm³/mol. The number of hydrogen-bond acceptors (Lipinski definition) is 3. The van der Waals surface area contributed by atoms with Crippen molar-refractivity contribution < 1.29 is 4.79 Å². The maximum Gasteiger partial charge on any atom is 0.240 e. The van der Waals surface area contributed by atoms with Crippen molar-refractivity contribution in [3.8, 4) is 0 Å². The molecular formula is C11H23N3O. The molecule has 1 fully saturated rings. The molecule has 1 N–H and O–H groups in total. The van der Waals surface area contributed by atoms with Crippen LogP contribution in [0, 0.1) is 0 Å². The second-order valence-corrected chi connectivity index (χ2v) is 4.49. The van der Waals surface area contributed by atoms with E-state index in [9.17, 15) is 4.79 Å². The first kappa shape index (κ1) is 12.5. The fourth-order valence-corrected chi connectivity index (χ4v) is 1.75. The highest BCUT2D eigenvalue weighted by Crippen LogP contribution is 2.18. The first-order chi connectivity index (χ1) is 7.06. The molecule has 0 bridgehead atoms. The Kier molecular flexibility index (Phi) is 4.54. The number of amides is 1. The third-order valence-electron chi connectivity index (χ3n) is 2.93. The molecule has 88 valence electrons. The van der Waals surface area contributed by atoms with Crippen LogP contribution in [0.2, 0.25) is 0 Å². The summed E-state index contributed by atoms with van der Waals surface area (Å²) in [5.41, 5.74) is 0. The van der Waals surface area contributed by atoms with Gasteiger partial charge < -0.3 is 4.90 Å². The van der Waals surface area contributed by atoms with E-state index in [0.717, 1.165) is 19.5 Å². The van der Waals surface area contributed by atoms with Crippen molar-refractivity contribution in [1.82, 2.24) is 15.1 Å². The van der Waals surface area contributed by atoms with Crippen molar-refractivity contribution in [2.45, 2.75) is 39.3 Å². The standard InChI is InChI=1S/C11H23N3O/c1-5-14-7-6-10(14)11(15)13(4)8-12-9(2)3/h9-10,12H,5-8H2,1-4H3. The first-order valence-corrected chi connectivity index (χ1v) is 5.78. The van der Waals surface area contributed by atoms with Gasteiger partial charge in [-0.05, 0) is 26.8 Å². The lowest BCUT2D eigenvalue weighted by molar-refractivity contribution is -0.140. The Balaban J connectivity index is 2.32. The van der Waals surface area contributed by atoms with Gasteiger partial charge in [0.1, 0.15) is 0 Å². The summed E-state index contributed by atoms with van der Waals surface area (Å²) in [5.74, 6) is 0.247. The van der Waals surface area contributed by atoms with Crippen LogP contribution in [0.15, 0.2) is 0 Å². The minimum absolute atomic E-state index is 0.133. The molecule has 15 heavy (non-hydrogen) atoms. The van der Waals surface area contributed by atoms with Crippen LogP contribution in [0.1, 0.15) is 27.2 Å². The fourth-order valence-electron chi connectivity index (χ4n) is 1.75. The third kappa shape index (κ3) is 3.18. The maximum absolute atomic E-state index is 12.0. The Hall–Kier alpha value is -0.610. The average molecular weight is 213 g/mol. The molecule has 0 saturated carbocycles. The minimum Gasteiger partial charge on any atom is -0.332 e. The van der Waals surface area contributed by atoms with Gasteiger partial charge >= 0.3 is 0 Å². The normalized spacial score (nSPS) is 21.5. The molecule has 1 heterocycles. The molecule has 1 amide bonds. The van der Waals surface area contributed by atoms with E-state index in [1.165, 1.54) is 0 Å². The molecule has 4 nitrogen and oxygen atoms in total. The zero-order valence-corrected chi connectivity index (χ0v) is 10.3. The number of nitrogens with one attached hydrogen (secondary N) is 1. The molecule has 0 aromatic carbocycles. The van der Waals surface area contributed by atoms with Gasteiger partial charge in [0.05, 0.1) is 12.7 Å². The molecule has 1 unspecified atom stereocenters. The summed E-state index contributed by atoms with van der Waals surface area (Å²) in [4.78, 5) is 16.0. The second-order valence-electron chi connectivity index (χ2n) is 4.49. The molecule has 1 aliphatic heterocycles. The molecule has 4 heteroatoms.